The molecule has 0 aromatic heterocycles. The Morgan fingerprint density at radius 1 is 1.14 bits per heavy atom. The number of rotatable bonds is 2. The first kappa shape index (κ1) is 14.4. The van der Waals surface area contributed by atoms with Crippen molar-refractivity contribution < 1.29 is 23.9 Å². The predicted octanol–water partition coefficient (Wildman–Crippen LogP) is 2.48. The minimum absolute atomic E-state index is 0.123. The zero-order chi connectivity index (χ0) is 16.0. The van der Waals surface area contributed by atoms with Gasteiger partial charge in [0.15, 0.2) is 17.3 Å². The van der Waals surface area contributed by atoms with Gasteiger partial charge in [-0.1, -0.05) is 0 Å². The van der Waals surface area contributed by atoms with E-state index in [1.165, 1.54) is 6.92 Å². The SMILES string of the molecule is CC(=O)c1ccc(F)c(N2C(=O)C3=C(CCCC3)C2=O)c1O. The van der Waals surface area contributed by atoms with Crippen LogP contribution in [0.25, 0.3) is 0 Å². The van der Waals surface area contributed by atoms with Crippen LogP contribution in [0.2, 0.25) is 0 Å². The smallest absolute Gasteiger partial charge is 0.261 e. The van der Waals surface area contributed by atoms with Crippen LogP contribution < -0.4 is 4.90 Å². The molecule has 1 heterocycles. The van der Waals surface area contributed by atoms with Gasteiger partial charge in [0.25, 0.3) is 11.8 Å². The second-order valence-electron chi connectivity index (χ2n) is 5.46. The van der Waals surface area contributed by atoms with E-state index in [4.69, 9.17) is 0 Å². The second-order valence-corrected chi connectivity index (χ2v) is 5.46. The number of benzene rings is 1. The molecule has 22 heavy (non-hydrogen) atoms. The van der Waals surface area contributed by atoms with Crippen molar-refractivity contribution in [2.24, 2.45) is 0 Å². The summed E-state index contributed by atoms with van der Waals surface area (Å²) >= 11 is 0. The number of phenolic OH excluding ortho intramolecular Hbond substituents is 1. The monoisotopic (exact) mass is 303 g/mol. The summed E-state index contributed by atoms with van der Waals surface area (Å²) in [5, 5.41) is 10.1. The van der Waals surface area contributed by atoms with Crippen LogP contribution >= 0.6 is 0 Å². The van der Waals surface area contributed by atoms with Gasteiger partial charge in [0.2, 0.25) is 0 Å². The van der Waals surface area contributed by atoms with Crippen molar-refractivity contribution in [1.29, 1.82) is 0 Å². The van der Waals surface area contributed by atoms with E-state index in [1.54, 1.807) is 0 Å². The van der Waals surface area contributed by atoms with Crippen molar-refractivity contribution in [3.63, 3.8) is 0 Å². The van der Waals surface area contributed by atoms with Gasteiger partial charge in [0.05, 0.1) is 5.56 Å². The van der Waals surface area contributed by atoms with Crippen LogP contribution in [0.5, 0.6) is 5.75 Å². The second kappa shape index (κ2) is 5.05. The number of carbonyl (C=O) groups excluding carboxylic acids is 3. The van der Waals surface area contributed by atoms with E-state index in [2.05, 4.69) is 0 Å². The highest BCUT2D eigenvalue weighted by molar-refractivity contribution is 6.33. The third-order valence-corrected chi connectivity index (χ3v) is 4.10. The fraction of sp³-hybridized carbons (Fsp3) is 0.312. The minimum atomic E-state index is -0.913. The van der Waals surface area contributed by atoms with Crippen LogP contribution in [0.1, 0.15) is 43.0 Å². The van der Waals surface area contributed by atoms with E-state index in [1.807, 2.05) is 0 Å². The standard InChI is InChI=1S/C16H14FNO4/c1-8(19)9-6-7-12(17)13(14(9)20)18-15(21)10-4-2-3-5-11(10)16(18)22/h6-7,20H,2-5H2,1H3. The van der Waals surface area contributed by atoms with E-state index in [9.17, 15) is 23.9 Å². The van der Waals surface area contributed by atoms with Crippen LogP contribution in [0.3, 0.4) is 0 Å². The molecule has 5 nitrogen and oxygen atoms in total. The molecule has 3 rings (SSSR count). The summed E-state index contributed by atoms with van der Waals surface area (Å²) in [5.41, 5.74) is 0.130. The number of halogens is 1. The van der Waals surface area contributed by atoms with Gasteiger partial charge in [-0.15, -0.1) is 0 Å². The van der Waals surface area contributed by atoms with Crippen molar-refractivity contribution in [3.05, 3.63) is 34.7 Å². The molecule has 0 spiro atoms. The summed E-state index contributed by atoms with van der Waals surface area (Å²) in [6, 6.07) is 2.11. The Balaban J connectivity index is 2.14. The first-order valence-corrected chi connectivity index (χ1v) is 7.06. The summed E-state index contributed by atoms with van der Waals surface area (Å²) in [6.07, 6.45) is 2.55. The van der Waals surface area contributed by atoms with Crippen LogP contribution in [0, 0.1) is 5.82 Å². The van der Waals surface area contributed by atoms with Crippen molar-refractivity contribution in [2.45, 2.75) is 32.6 Å². The maximum Gasteiger partial charge on any atom is 0.261 e. The molecule has 6 heteroatoms. The first-order valence-electron chi connectivity index (χ1n) is 7.06. The van der Waals surface area contributed by atoms with Gasteiger partial charge in [-0.25, -0.2) is 9.29 Å². The van der Waals surface area contributed by atoms with Gasteiger partial charge in [0.1, 0.15) is 5.69 Å². The van der Waals surface area contributed by atoms with Crippen molar-refractivity contribution >= 4 is 23.3 Å². The number of nitrogens with zero attached hydrogens (tertiary/aromatic N) is 1. The quantitative estimate of drug-likeness (QED) is 0.673. The predicted molar refractivity (Wildman–Crippen MR) is 76.1 cm³/mol. The van der Waals surface area contributed by atoms with Gasteiger partial charge in [-0.2, -0.15) is 0 Å². The number of aromatic hydroxyl groups is 1. The lowest BCUT2D eigenvalue weighted by Gasteiger charge is -2.18. The Morgan fingerprint density at radius 3 is 2.18 bits per heavy atom. The van der Waals surface area contributed by atoms with Crippen LogP contribution in [0.4, 0.5) is 10.1 Å². The van der Waals surface area contributed by atoms with Gasteiger partial charge >= 0.3 is 0 Å². The highest BCUT2D eigenvalue weighted by Crippen LogP contribution is 2.41. The number of hydrogen-bond donors (Lipinski definition) is 1. The van der Waals surface area contributed by atoms with Gasteiger partial charge < -0.3 is 5.11 Å². The molecule has 2 amide bonds. The van der Waals surface area contributed by atoms with Crippen LogP contribution in [-0.4, -0.2) is 22.7 Å². The molecular weight excluding hydrogens is 289 g/mol. The average Bonchev–Trinajstić information content (AvgIpc) is 2.73. The Morgan fingerprint density at radius 2 is 1.68 bits per heavy atom. The van der Waals surface area contributed by atoms with Crippen LogP contribution in [-0.2, 0) is 9.59 Å². The molecule has 0 unspecified atom stereocenters. The maximum absolute atomic E-state index is 14.1. The third kappa shape index (κ3) is 1.94. The molecule has 2 aliphatic rings. The minimum Gasteiger partial charge on any atom is -0.505 e. The molecule has 0 bridgehead atoms. The van der Waals surface area contributed by atoms with E-state index < -0.39 is 34.9 Å². The number of carbonyl (C=O) groups is 3. The molecule has 0 radical (unpaired) electrons. The number of hydrogen-bond acceptors (Lipinski definition) is 4. The van der Waals surface area contributed by atoms with Gasteiger partial charge in [0, 0.05) is 11.1 Å². The number of phenols is 1. The number of amides is 2. The Bertz CT molecular complexity index is 723. The first-order chi connectivity index (χ1) is 10.4. The summed E-state index contributed by atoms with van der Waals surface area (Å²) in [6.45, 7) is 1.22. The molecule has 0 atom stereocenters. The lowest BCUT2D eigenvalue weighted by atomic mass is 9.93. The van der Waals surface area contributed by atoms with E-state index in [-0.39, 0.29) is 5.56 Å². The summed E-state index contributed by atoms with van der Waals surface area (Å²) < 4.78 is 14.1. The number of ketones is 1. The van der Waals surface area contributed by atoms with Gasteiger partial charge in [-0.3, -0.25) is 14.4 Å². The van der Waals surface area contributed by atoms with Crippen LogP contribution in [0.15, 0.2) is 23.3 Å². The molecule has 1 aromatic rings. The Kier molecular flexibility index (Phi) is 3.31. The number of anilines is 1. The zero-order valence-corrected chi connectivity index (χ0v) is 12.0. The molecule has 1 aliphatic carbocycles. The highest BCUT2D eigenvalue weighted by atomic mass is 19.1. The van der Waals surface area contributed by atoms with Crippen molar-refractivity contribution in [3.8, 4) is 5.75 Å². The third-order valence-electron chi connectivity index (χ3n) is 4.10. The fourth-order valence-corrected chi connectivity index (χ4v) is 2.99. The molecule has 0 saturated carbocycles. The fourth-order valence-electron chi connectivity index (χ4n) is 2.99. The largest absolute Gasteiger partial charge is 0.505 e. The maximum atomic E-state index is 14.1. The number of imide groups is 1. The molecule has 0 saturated heterocycles. The summed E-state index contributed by atoms with van der Waals surface area (Å²) in [4.78, 5) is 37.0. The van der Waals surface area contributed by atoms with E-state index in [0.717, 1.165) is 25.0 Å². The average molecular weight is 303 g/mol. The Labute approximate surface area is 126 Å². The van der Waals surface area contributed by atoms with Gasteiger partial charge in [-0.05, 0) is 44.7 Å². The topological polar surface area (TPSA) is 74.7 Å². The number of Topliss-reactive ketones (excluding diaryl/α,β-unsaturated/α-hetero) is 1. The normalized spacial score (nSPS) is 18.0. The zero-order valence-electron chi connectivity index (χ0n) is 12.0. The highest BCUT2D eigenvalue weighted by Gasteiger charge is 2.42. The lowest BCUT2D eigenvalue weighted by Crippen LogP contribution is -2.32. The molecule has 1 aliphatic heterocycles. The molecular formula is C16H14FNO4. The Hall–Kier alpha value is -2.50. The van der Waals surface area contributed by atoms with E-state index >= 15 is 0 Å². The molecule has 114 valence electrons. The lowest BCUT2D eigenvalue weighted by molar-refractivity contribution is -0.120. The molecule has 0 fully saturated rings. The summed E-state index contributed by atoms with van der Waals surface area (Å²) in [7, 11) is 0. The molecule has 1 aromatic carbocycles. The van der Waals surface area contributed by atoms with Crippen molar-refractivity contribution in [1.82, 2.24) is 0 Å². The van der Waals surface area contributed by atoms with E-state index in [0.29, 0.717) is 28.9 Å². The summed E-state index contributed by atoms with van der Waals surface area (Å²) in [5.74, 6) is -3.27. The molecule has 1 N–H and O–H groups in total. The van der Waals surface area contributed by atoms with Crippen molar-refractivity contribution in [2.75, 3.05) is 4.90 Å².